The van der Waals surface area contributed by atoms with Gasteiger partial charge in [0.15, 0.2) is 0 Å². The van der Waals surface area contributed by atoms with Crippen LogP contribution >= 0.6 is 0 Å². The second-order valence-electron chi connectivity index (χ2n) is 5.36. The van der Waals surface area contributed by atoms with Crippen molar-refractivity contribution in [2.45, 2.75) is 12.8 Å². The Labute approximate surface area is 125 Å². The fraction of sp³-hybridized carbons (Fsp3) is 0.211. The lowest BCUT2D eigenvalue weighted by molar-refractivity contribution is -0.124. The molecule has 0 bridgehead atoms. The van der Waals surface area contributed by atoms with E-state index in [-0.39, 0.29) is 5.91 Å². The van der Waals surface area contributed by atoms with Gasteiger partial charge in [-0.25, -0.2) is 0 Å². The zero-order valence-corrected chi connectivity index (χ0v) is 12.0. The van der Waals surface area contributed by atoms with E-state index in [2.05, 4.69) is 12.1 Å². The molecular weight excluding hydrogens is 258 g/mol. The van der Waals surface area contributed by atoms with E-state index in [1.807, 2.05) is 59.5 Å². The maximum absolute atomic E-state index is 12.4. The smallest absolute Gasteiger partial charge is 0.249 e. The van der Waals surface area contributed by atoms with Crippen molar-refractivity contribution in [3.63, 3.8) is 0 Å². The summed E-state index contributed by atoms with van der Waals surface area (Å²) in [5.41, 5.74) is 3.31. The van der Waals surface area contributed by atoms with Crippen molar-refractivity contribution >= 4 is 12.0 Å². The summed E-state index contributed by atoms with van der Waals surface area (Å²) in [6, 6.07) is 20.4. The van der Waals surface area contributed by atoms with Crippen molar-refractivity contribution in [1.29, 1.82) is 0 Å². The average molecular weight is 277 g/mol. The minimum absolute atomic E-state index is 0.190. The van der Waals surface area contributed by atoms with E-state index >= 15 is 0 Å². The van der Waals surface area contributed by atoms with Gasteiger partial charge in [-0.2, -0.15) is 0 Å². The van der Waals surface area contributed by atoms with E-state index in [0.29, 0.717) is 0 Å². The standard InChI is InChI=1S/C19H19NO/c21-19-18(15-17-9-5-2-6-10-17)12-14-20(19)13-11-16-7-3-1-4-8-16/h1-10,15H,11-14H2/b18-15-. The summed E-state index contributed by atoms with van der Waals surface area (Å²) in [5.74, 6) is 0.190. The Bertz CT molecular complexity index is 631. The molecule has 1 saturated heterocycles. The first-order valence-corrected chi connectivity index (χ1v) is 7.42. The van der Waals surface area contributed by atoms with Crippen LogP contribution in [0.25, 0.3) is 6.08 Å². The van der Waals surface area contributed by atoms with Gasteiger partial charge >= 0.3 is 0 Å². The molecule has 0 saturated carbocycles. The number of benzene rings is 2. The number of hydrogen-bond donors (Lipinski definition) is 0. The van der Waals surface area contributed by atoms with E-state index in [9.17, 15) is 4.79 Å². The summed E-state index contributed by atoms with van der Waals surface area (Å²) in [6.45, 7) is 1.64. The molecule has 0 N–H and O–H groups in total. The molecule has 3 rings (SSSR count). The van der Waals surface area contributed by atoms with Crippen molar-refractivity contribution in [2.75, 3.05) is 13.1 Å². The number of likely N-dealkylation sites (tertiary alicyclic amines) is 1. The Morgan fingerprint density at radius 3 is 2.33 bits per heavy atom. The lowest BCUT2D eigenvalue weighted by atomic mass is 10.1. The first kappa shape index (κ1) is 13.6. The number of rotatable bonds is 4. The lowest BCUT2D eigenvalue weighted by Gasteiger charge is -2.14. The third-order valence-corrected chi connectivity index (χ3v) is 3.87. The van der Waals surface area contributed by atoms with Gasteiger partial charge in [0.1, 0.15) is 0 Å². The first-order chi connectivity index (χ1) is 10.3. The van der Waals surface area contributed by atoms with E-state index < -0.39 is 0 Å². The number of carbonyl (C=O) groups is 1. The van der Waals surface area contributed by atoms with Gasteiger partial charge in [0, 0.05) is 18.7 Å². The maximum Gasteiger partial charge on any atom is 0.249 e. The van der Waals surface area contributed by atoms with Crippen molar-refractivity contribution in [1.82, 2.24) is 4.90 Å². The molecular formula is C19H19NO. The van der Waals surface area contributed by atoms with Crippen LogP contribution in [0.3, 0.4) is 0 Å². The molecule has 1 amide bonds. The van der Waals surface area contributed by atoms with E-state index in [4.69, 9.17) is 0 Å². The quantitative estimate of drug-likeness (QED) is 0.783. The Balaban J connectivity index is 1.63. The monoisotopic (exact) mass is 277 g/mol. The Morgan fingerprint density at radius 2 is 1.62 bits per heavy atom. The molecule has 1 fully saturated rings. The molecule has 2 nitrogen and oxygen atoms in total. The molecule has 106 valence electrons. The lowest BCUT2D eigenvalue weighted by Crippen LogP contribution is -2.27. The fourth-order valence-electron chi connectivity index (χ4n) is 2.67. The number of amides is 1. The topological polar surface area (TPSA) is 20.3 Å². The molecule has 2 aromatic carbocycles. The van der Waals surface area contributed by atoms with Gasteiger partial charge in [0.05, 0.1) is 0 Å². The van der Waals surface area contributed by atoms with Crippen LogP contribution in [0.5, 0.6) is 0 Å². The molecule has 2 aromatic rings. The zero-order valence-electron chi connectivity index (χ0n) is 12.0. The molecule has 2 heteroatoms. The predicted octanol–water partition coefficient (Wildman–Crippen LogP) is 3.55. The van der Waals surface area contributed by atoms with E-state index in [1.165, 1.54) is 5.56 Å². The largest absolute Gasteiger partial charge is 0.338 e. The highest BCUT2D eigenvalue weighted by Gasteiger charge is 2.25. The molecule has 1 aliphatic heterocycles. The molecule has 0 aromatic heterocycles. The maximum atomic E-state index is 12.4. The predicted molar refractivity (Wildman–Crippen MR) is 85.8 cm³/mol. The summed E-state index contributed by atoms with van der Waals surface area (Å²) in [7, 11) is 0. The second kappa shape index (κ2) is 6.40. The highest BCUT2D eigenvalue weighted by Crippen LogP contribution is 2.20. The van der Waals surface area contributed by atoms with Crippen LogP contribution in [0.15, 0.2) is 66.2 Å². The van der Waals surface area contributed by atoms with Crippen LogP contribution in [-0.4, -0.2) is 23.9 Å². The Hall–Kier alpha value is -2.35. The van der Waals surface area contributed by atoms with E-state index in [1.54, 1.807) is 0 Å². The van der Waals surface area contributed by atoms with Gasteiger partial charge in [-0.05, 0) is 30.0 Å². The van der Waals surface area contributed by atoms with Gasteiger partial charge in [0.25, 0.3) is 0 Å². The van der Waals surface area contributed by atoms with Crippen LogP contribution in [0.4, 0.5) is 0 Å². The SMILES string of the molecule is O=C1/C(=C\c2ccccc2)CCN1CCc1ccccc1. The zero-order chi connectivity index (χ0) is 14.5. The molecule has 0 spiro atoms. The number of carbonyl (C=O) groups excluding carboxylic acids is 1. The van der Waals surface area contributed by atoms with E-state index in [0.717, 1.165) is 37.1 Å². The second-order valence-corrected chi connectivity index (χ2v) is 5.36. The van der Waals surface area contributed by atoms with Crippen LogP contribution in [0.1, 0.15) is 17.5 Å². The van der Waals surface area contributed by atoms with Gasteiger partial charge in [0.2, 0.25) is 5.91 Å². The molecule has 0 atom stereocenters. The summed E-state index contributed by atoms with van der Waals surface area (Å²) in [6.07, 6.45) is 3.79. The van der Waals surface area contributed by atoms with Crippen LogP contribution in [-0.2, 0) is 11.2 Å². The summed E-state index contributed by atoms with van der Waals surface area (Å²) >= 11 is 0. The molecule has 0 unspecified atom stereocenters. The highest BCUT2D eigenvalue weighted by atomic mass is 16.2. The number of nitrogens with zero attached hydrogens (tertiary/aromatic N) is 1. The van der Waals surface area contributed by atoms with Crippen molar-refractivity contribution < 1.29 is 4.79 Å². The molecule has 1 heterocycles. The fourth-order valence-corrected chi connectivity index (χ4v) is 2.67. The summed E-state index contributed by atoms with van der Waals surface area (Å²) < 4.78 is 0. The molecule has 1 aliphatic rings. The first-order valence-electron chi connectivity index (χ1n) is 7.42. The molecule has 21 heavy (non-hydrogen) atoms. The van der Waals surface area contributed by atoms with Gasteiger partial charge < -0.3 is 4.90 Å². The summed E-state index contributed by atoms with van der Waals surface area (Å²) in [5, 5.41) is 0. The van der Waals surface area contributed by atoms with Crippen LogP contribution in [0.2, 0.25) is 0 Å². The van der Waals surface area contributed by atoms with Gasteiger partial charge in [-0.15, -0.1) is 0 Å². The Kier molecular flexibility index (Phi) is 4.15. The average Bonchev–Trinajstić information content (AvgIpc) is 2.88. The molecule has 0 aliphatic carbocycles. The van der Waals surface area contributed by atoms with Gasteiger partial charge in [-0.3, -0.25) is 4.79 Å². The van der Waals surface area contributed by atoms with Crippen molar-refractivity contribution in [2.24, 2.45) is 0 Å². The third-order valence-electron chi connectivity index (χ3n) is 3.87. The third kappa shape index (κ3) is 3.40. The van der Waals surface area contributed by atoms with Crippen LogP contribution < -0.4 is 0 Å². The minimum atomic E-state index is 0.190. The summed E-state index contributed by atoms with van der Waals surface area (Å²) in [4.78, 5) is 14.3. The number of hydrogen-bond acceptors (Lipinski definition) is 1. The Morgan fingerprint density at radius 1 is 0.952 bits per heavy atom. The normalized spacial score (nSPS) is 16.7. The van der Waals surface area contributed by atoms with Crippen LogP contribution in [0, 0.1) is 0 Å². The van der Waals surface area contributed by atoms with Crippen molar-refractivity contribution in [3.8, 4) is 0 Å². The van der Waals surface area contributed by atoms with Crippen molar-refractivity contribution in [3.05, 3.63) is 77.4 Å². The molecule has 0 radical (unpaired) electrons. The minimum Gasteiger partial charge on any atom is -0.338 e. The van der Waals surface area contributed by atoms with Gasteiger partial charge in [-0.1, -0.05) is 60.7 Å². The highest BCUT2D eigenvalue weighted by molar-refractivity contribution is 5.99.